The molecule has 1 heterocycles. The summed E-state index contributed by atoms with van der Waals surface area (Å²) in [7, 11) is 1.38. The highest BCUT2D eigenvalue weighted by Gasteiger charge is 1.90. The van der Waals surface area contributed by atoms with E-state index in [4.69, 9.17) is 0 Å². The first-order valence-corrected chi connectivity index (χ1v) is 3.14. The van der Waals surface area contributed by atoms with Crippen LogP contribution in [0.2, 0.25) is 0 Å². The molecule has 4 heteroatoms. The van der Waals surface area contributed by atoms with Gasteiger partial charge in [0.15, 0.2) is 0 Å². The second-order valence-corrected chi connectivity index (χ2v) is 1.85. The molecule has 0 saturated heterocycles. The highest BCUT2D eigenvalue weighted by Crippen LogP contribution is 1.98. The topological polar surface area (TPSA) is 40.6 Å². The summed E-state index contributed by atoms with van der Waals surface area (Å²) in [6, 6.07) is 3.66. The van der Waals surface area contributed by atoms with Crippen LogP contribution in [0.5, 0.6) is 0 Å². The summed E-state index contributed by atoms with van der Waals surface area (Å²) in [4.78, 5) is 12.7. The molecule has 0 unspecified atom stereocenters. The van der Waals surface area contributed by atoms with E-state index in [0.717, 1.165) is 5.56 Å². The zero-order chi connectivity index (χ0) is 7.94. The molecular formula is C7H9NO3. The van der Waals surface area contributed by atoms with Crippen molar-refractivity contribution in [3.8, 4) is 0 Å². The third-order valence-corrected chi connectivity index (χ3v) is 1.09. The van der Waals surface area contributed by atoms with Gasteiger partial charge >= 0.3 is 0 Å². The van der Waals surface area contributed by atoms with E-state index in [9.17, 15) is 0 Å². The normalized spacial score (nSPS) is 9.91. The minimum Gasteiger partial charge on any atom is -0.265 e. The Morgan fingerprint density at radius 2 is 2.09 bits per heavy atom. The van der Waals surface area contributed by atoms with Crippen LogP contribution in [-0.2, 0) is 21.4 Å². The molecule has 1 aromatic rings. The summed E-state index contributed by atoms with van der Waals surface area (Å²) in [6.07, 6.45) is 3.37. The van der Waals surface area contributed by atoms with Crippen LogP contribution >= 0.6 is 0 Å². The van der Waals surface area contributed by atoms with Crippen molar-refractivity contribution in [1.29, 1.82) is 0 Å². The number of rotatable bonds is 4. The summed E-state index contributed by atoms with van der Waals surface area (Å²) in [5.41, 5.74) is 0.983. The zero-order valence-electron chi connectivity index (χ0n) is 6.19. The fourth-order valence-electron chi connectivity index (χ4n) is 0.619. The van der Waals surface area contributed by atoms with Crippen molar-refractivity contribution in [1.82, 2.24) is 4.98 Å². The molecular weight excluding hydrogens is 146 g/mol. The van der Waals surface area contributed by atoms with Crippen molar-refractivity contribution in [2.75, 3.05) is 7.11 Å². The van der Waals surface area contributed by atoms with E-state index in [1.165, 1.54) is 7.11 Å². The molecule has 1 aromatic heterocycles. The first-order valence-electron chi connectivity index (χ1n) is 3.14. The summed E-state index contributed by atoms with van der Waals surface area (Å²) in [5, 5.41) is 4.22. The molecule has 0 fully saturated rings. The van der Waals surface area contributed by atoms with Crippen LogP contribution in [0.3, 0.4) is 0 Å². The standard InChI is InChI=1S/C7H9NO3/c1-9-11-10-6-7-2-4-8-5-3-7/h2-5H,6H2,1H3. The molecule has 0 aliphatic rings. The van der Waals surface area contributed by atoms with Crippen molar-refractivity contribution in [2.45, 2.75) is 6.61 Å². The van der Waals surface area contributed by atoms with E-state index in [1.54, 1.807) is 12.4 Å². The molecule has 0 aliphatic heterocycles. The Balaban J connectivity index is 2.28. The smallest absolute Gasteiger partial charge is 0.111 e. The fourth-order valence-corrected chi connectivity index (χ4v) is 0.619. The molecule has 0 radical (unpaired) electrons. The van der Waals surface area contributed by atoms with E-state index < -0.39 is 0 Å². The minimum absolute atomic E-state index is 0.357. The minimum atomic E-state index is 0.357. The monoisotopic (exact) mass is 155 g/mol. The Hall–Kier alpha value is -0.970. The summed E-state index contributed by atoms with van der Waals surface area (Å²) >= 11 is 0. The molecule has 0 saturated carbocycles. The predicted octanol–water partition coefficient (Wildman–Crippen LogP) is 1.09. The molecule has 60 valence electrons. The van der Waals surface area contributed by atoms with Gasteiger partial charge in [-0.3, -0.25) is 4.98 Å². The number of aromatic nitrogens is 1. The van der Waals surface area contributed by atoms with Crippen LogP contribution < -0.4 is 0 Å². The highest BCUT2D eigenvalue weighted by atomic mass is 17.5. The lowest BCUT2D eigenvalue weighted by Gasteiger charge is -1.98. The molecule has 4 nitrogen and oxygen atoms in total. The maximum absolute atomic E-state index is 4.62. The zero-order valence-corrected chi connectivity index (χ0v) is 6.19. The highest BCUT2D eigenvalue weighted by molar-refractivity contribution is 5.07. The number of pyridine rings is 1. The third kappa shape index (κ3) is 3.08. The first kappa shape index (κ1) is 8.13. The van der Waals surface area contributed by atoms with Gasteiger partial charge in [-0.15, -0.1) is 0 Å². The van der Waals surface area contributed by atoms with Crippen LogP contribution in [0, 0.1) is 0 Å². The van der Waals surface area contributed by atoms with Gasteiger partial charge in [0.1, 0.15) is 6.61 Å². The van der Waals surface area contributed by atoms with Gasteiger partial charge in [0.05, 0.1) is 7.11 Å². The Kier molecular flexibility index (Phi) is 3.54. The van der Waals surface area contributed by atoms with Gasteiger partial charge < -0.3 is 0 Å². The number of hydrogen-bond donors (Lipinski definition) is 0. The summed E-state index contributed by atoms with van der Waals surface area (Å²) in [6.45, 7) is 0.357. The van der Waals surface area contributed by atoms with Crippen LogP contribution in [0.15, 0.2) is 24.5 Å². The van der Waals surface area contributed by atoms with Crippen LogP contribution in [0.1, 0.15) is 5.56 Å². The van der Waals surface area contributed by atoms with Crippen molar-refractivity contribution >= 4 is 0 Å². The van der Waals surface area contributed by atoms with Crippen molar-refractivity contribution in [2.24, 2.45) is 0 Å². The quantitative estimate of drug-likeness (QED) is 0.370. The lowest BCUT2D eigenvalue weighted by atomic mass is 10.3. The molecule has 0 aromatic carbocycles. The van der Waals surface area contributed by atoms with Gasteiger partial charge in [0.25, 0.3) is 0 Å². The third-order valence-electron chi connectivity index (χ3n) is 1.09. The van der Waals surface area contributed by atoms with E-state index in [-0.39, 0.29) is 0 Å². The molecule has 0 N–H and O–H groups in total. The molecule has 0 amide bonds. The largest absolute Gasteiger partial charge is 0.265 e. The van der Waals surface area contributed by atoms with E-state index in [1.807, 2.05) is 12.1 Å². The van der Waals surface area contributed by atoms with Gasteiger partial charge in [-0.1, -0.05) is 5.04 Å². The predicted molar refractivity (Wildman–Crippen MR) is 37.1 cm³/mol. The average Bonchev–Trinajstić information content (AvgIpc) is 2.07. The van der Waals surface area contributed by atoms with Crippen LogP contribution in [0.4, 0.5) is 0 Å². The van der Waals surface area contributed by atoms with Gasteiger partial charge in [-0.05, 0) is 17.7 Å². The van der Waals surface area contributed by atoms with Gasteiger partial charge in [0.2, 0.25) is 0 Å². The van der Waals surface area contributed by atoms with E-state index in [2.05, 4.69) is 19.8 Å². The number of hydrogen-bond acceptors (Lipinski definition) is 4. The van der Waals surface area contributed by atoms with Gasteiger partial charge in [-0.2, -0.15) is 0 Å². The second-order valence-electron chi connectivity index (χ2n) is 1.85. The van der Waals surface area contributed by atoms with Crippen molar-refractivity contribution < 1.29 is 14.8 Å². The Morgan fingerprint density at radius 1 is 1.36 bits per heavy atom. The molecule has 0 aliphatic carbocycles. The Bertz CT molecular complexity index is 190. The lowest BCUT2D eigenvalue weighted by molar-refractivity contribution is -0.507. The molecule has 0 bridgehead atoms. The van der Waals surface area contributed by atoms with Gasteiger partial charge in [0, 0.05) is 12.4 Å². The maximum Gasteiger partial charge on any atom is 0.111 e. The first-order chi connectivity index (χ1) is 5.43. The fraction of sp³-hybridized carbons (Fsp3) is 0.286. The summed E-state index contributed by atoms with van der Waals surface area (Å²) < 4.78 is 0. The van der Waals surface area contributed by atoms with E-state index >= 15 is 0 Å². The van der Waals surface area contributed by atoms with Crippen molar-refractivity contribution in [3.05, 3.63) is 30.1 Å². The second kappa shape index (κ2) is 4.79. The molecule has 0 spiro atoms. The maximum atomic E-state index is 4.62. The Labute approximate surface area is 64.6 Å². The van der Waals surface area contributed by atoms with Crippen LogP contribution in [-0.4, -0.2) is 12.1 Å². The SMILES string of the molecule is COOOCc1ccncc1. The molecule has 11 heavy (non-hydrogen) atoms. The van der Waals surface area contributed by atoms with E-state index in [0.29, 0.717) is 6.61 Å². The molecule has 1 rings (SSSR count). The lowest BCUT2D eigenvalue weighted by Crippen LogP contribution is -1.93. The summed E-state index contributed by atoms with van der Waals surface area (Å²) in [5.74, 6) is 0. The Morgan fingerprint density at radius 3 is 2.73 bits per heavy atom. The van der Waals surface area contributed by atoms with Gasteiger partial charge in [-0.25, -0.2) is 9.78 Å². The van der Waals surface area contributed by atoms with Crippen LogP contribution in [0.25, 0.3) is 0 Å². The van der Waals surface area contributed by atoms with Crippen molar-refractivity contribution in [3.63, 3.8) is 0 Å². The molecule has 0 atom stereocenters. The number of nitrogens with zero attached hydrogens (tertiary/aromatic N) is 1. The average molecular weight is 155 g/mol.